The minimum atomic E-state index is 0.0958. The number of carbonyl (C=O) groups is 1. The first kappa shape index (κ1) is 12.0. The molecule has 94 valence electrons. The third-order valence-electron chi connectivity index (χ3n) is 3.09. The summed E-state index contributed by atoms with van der Waals surface area (Å²) in [5, 5.41) is 4.78. The monoisotopic (exact) mass is 280 g/mol. The van der Waals surface area contributed by atoms with E-state index in [0.29, 0.717) is 6.54 Å². The van der Waals surface area contributed by atoms with E-state index in [0.717, 1.165) is 34.9 Å². The minimum Gasteiger partial charge on any atom is -0.354 e. The van der Waals surface area contributed by atoms with Gasteiger partial charge in [-0.05, 0) is 6.07 Å². The highest BCUT2D eigenvalue weighted by molar-refractivity contribution is 7.19. The van der Waals surface area contributed by atoms with Gasteiger partial charge < -0.3 is 5.32 Å². The smallest absolute Gasteiger partial charge is 0.234 e. The van der Waals surface area contributed by atoms with Gasteiger partial charge in [0.25, 0.3) is 0 Å². The zero-order chi connectivity index (χ0) is 12.5. The lowest BCUT2D eigenvalue weighted by Crippen LogP contribution is -2.46. The Kier molecular flexibility index (Phi) is 3.24. The van der Waals surface area contributed by atoms with E-state index < -0.39 is 0 Å². The molecule has 2 heterocycles. The van der Waals surface area contributed by atoms with Crippen molar-refractivity contribution in [3.63, 3.8) is 0 Å². The second-order valence-electron chi connectivity index (χ2n) is 4.40. The van der Waals surface area contributed by atoms with Crippen molar-refractivity contribution in [1.82, 2.24) is 10.2 Å². The summed E-state index contributed by atoms with van der Waals surface area (Å²) in [5.74, 6) is 0.0958. The van der Waals surface area contributed by atoms with Gasteiger partial charge >= 0.3 is 0 Å². The highest BCUT2D eigenvalue weighted by atomic mass is 35.5. The summed E-state index contributed by atoms with van der Waals surface area (Å²) in [4.78, 5) is 14.6. The van der Waals surface area contributed by atoms with Crippen molar-refractivity contribution in [3.05, 3.63) is 34.2 Å². The number of halogens is 1. The third-order valence-corrected chi connectivity index (χ3v) is 4.79. The highest BCUT2D eigenvalue weighted by Crippen LogP contribution is 2.35. The number of carbonyl (C=O) groups excluding carboxylic acids is 1. The lowest BCUT2D eigenvalue weighted by Gasteiger charge is -2.25. The van der Waals surface area contributed by atoms with Gasteiger partial charge in [-0.25, -0.2) is 0 Å². The van der Waals surface area contributed by atoms with Crippen LogP contribution in [0.3, 0.4) is 0 Å². The summed E-state index contributed by atoms with van der Waals surface area (Å²) >= 11 is 8.11. The molecule has 1 aliphatic heterocycles. The van der Waals surface area contributed by atoms with Crippen molar-refractivity contribution in [2.24, 2.45) is 0 Å². The van der Waals surface area contributed by atoms with Crippen molar-refractivity contribution in [2.75, 3.05) is 19.6 Å². The lowest BCUT2D eigenvalue weighted by molar-refractivity contribution is -0.124. The molecule has 18 heavy (non-hydrogen) atoms. The molecule has 1 aliphatic rings. The molecule has 1 fully saturated rings. The third kappa shape index (κ3) is 2.23. The zero-order valence-corrected chi connectivity index (χ0v) is 11.4. The number of nitrogens with zero attached hydrogens (tertiary/aromatic N) is 1. The van der Waals surface area contributed by atoms with Crippen LogP contribution in [0.5, 0.6) is 0 Å². The second-order valence-corrected chi connectivity index (χ2v) is 5.91. The number of benzene rings is 1. The average molecular weight is 281 g/mol. The lowest BCUT2D eigenvalue weighted by atomic mass is 10.2. The van der Waals surface area contributed by atoms with Crippen LogP contribution >= 0.6 is 22.9 Å². The molecule has 1 amide bonds. The summed E-state index contributed by atoms with van der Waals surface area (Å²) < 4.78 is 1.21. The van der Waals surface area contributed by atoms with Gasteiger partial charge in [-0.3, -0.25) is 9.69 Å². The number of hydrogen-bond acceptors (Lipinski definition) is 3. The van der Waals surface area contributed by atoms with Crippen LogP contribution in [-0.2, 0) is 11.3 Å². The molecule has 1 aromatic heterocycles. The summed E-state index contributed by atoms with van der Waals surface area (Å²) in [5.41, 5.74) is 0. The topological polar surface area (TPSA) is 32.3 Å². The van der Waals surface area contributed by atoms with Gasteiger partial charge in [0, 0.05) is 34.6 Å². The van der Waals surface area contributed by atoms with Gasteiger partial charge in [0.1, 0.15) is 0 Å². The molecule has 0 unspecified atom stereocenters. The number of nitrogens with one attached hydrogen (secondary N) is 1. The number of thiophene rings is 1. The Morgan fingerprint density at radius 3 is 3.00 bits per heavy atom. The van der Waals surface area contributed by atoms with Gasteiger partial charge in [0.15, 0.2) is 0 Å². The molecule has 1 saturated heterocycles. The number of rotatable bonds is 2. The summed E-state index contributed by atoms with van der Waals surface area (Å²) in [6, 6.07) is 8.14. The van der Waals surface area contributed by atoms with Crippen molar-refractivity contribution in [1.29, 1.82) is 0 Å². The van der Waals surface area contributed by atoms with Gasteiger partial charge in [0.05, 0.1) is 11.6 Å². The Morgan fingerprint density at radius 2 is 2.22 bits per heavy atom. The zero-order valence-electron chi connectivity index (χ0n) is 9.78. The van der Waals surface area contributed by atoms with E-state index in [1.165, 1.54) is 4.70 Å². The van der Waals surface area contributed by atoms with Crippen LogP contribution in [0.25, 0.3) is 10.1 Å². The van der Waals surface area contributed by atoms with Crippen molar-refractivity contribution < 1.29 is 4.79 Å². The van der Waals surface area contributed by atoms with Crippen LogP contribution < -0.4 is 5.32 Å². The van der Waals surface area contributed by atoms with E-state index in [9.17, 15) is 4.79 Å². The van der Waals surface area contributed by atoms with Crippen molar-refractivity contribution in [2.45, 2.75) is 6.54 Å². The number of fused-ring (bicyclic) bond motifs is 1. The molecule has 1 N–H and O–H groups in total. The van der Waals surface area contributed by atoms with Gasteiger partial charge in [-0.2, -0.15) is 0 Å². The molecule has 0 aliphatic carbocycles. The summed E-state index contributed by atoms with van der Waals surface area (Å²) in [6.07, 6.45) is 0. The normalized spacial score (nSPS) is 17.1. The van der Waals surface area contributed by atoms with Crippen LogP contribution in [0.15, 0.2) is 24.3 Å². The van der Waals surface area contributed by atoms with Crippen molar-refractivity contribution in [3.8, 4) is 0 Å². The maximum Gasteiger partial charge on any atom is 0.234 e. The Morgan fingerprint density at radius 1 is 1.39 bits per heavy atom. The molecule has 0 saturated carbocycles. The second kappa shape index (κ2) is 4.88. The molecular weight excluding hydrogens is 268 g/mol. The van der Waals surface area contributed by atoms with Crippen LogP contribution in [0.1, 0.15) is 4.88 Å². The Bertz CT molecular complexity index is 596. The minimum absolute atomic E-state index is 0.0958. The van der Waals surface area contributed by atoms with E-state index in [4.69, 9.17) is 11.6 Å². The Hall–Kier alpha value is -1.10. The van der Waals surface area contributed by atoms with Crippen LogP contribution in [0.4, 0.5) is 0 Å². The maximum absolute atomic E-state index is 11.3. The standard InChI is InChI=1S/C13H13ClN2OS/c14-13-9-3-1-2-4-10(9)18-11(13)7-16-6-5-15-12(17)8-16/h1-4H,5-8H2,(H,15,17). The van der Waals surface area contributed by atoms with Gasteiger partial charge in [-0.15, -0.1) is 11.3 Å². The van der Waals surface area contributed by atoms with Crippen LogP contribution in [0, 0.1) is 0 Å². The summed E-state index contributed by atoms with van der Waals surface area (Å²) in [7, 11) is 0. The Balaban J connectivity index is 1.86. The molecule has 2 aromatic rings. The van der Waals surface area contributed by atoms with Crippen molar-refractivity contribution >= 4 is 38.9 Å². The van der Waals surface area contributed by atoms with E-state index in [-0.39, 0.29) is 5.91 Å². The first-order chi connectivity index (χ1) is 8.74. The number of hydrogen-bond donors (Lipinski definition) is 1. The van der Waals surface area contributed by atoms with Gasteiger partial charge in [-0.1, -0.05) is 29.8 Å². The molecule has 5 heteroatoms. The molecule has 0 radical (unpaired) electrons. The predicted octanol–water partition coefficient (Wildman–Crippen LogP) is 2.49. The molecule has 1 aromatic carbocycles. The molecule has 3 nitrogen and oxygen atoms in total. The SMILES string of the molecule is O=C1CN(Cc2sc3ccccc3c2Cl)CCN1. The molecule has 3 rings (SSSR count). The highest BCUT2D eigenvalue weighted by Gasteiger charge is 2.19. The Labute approximate surface area is 114 Å². The number of piperazine rings is 1. The molecule has 0 spiro atoms. The molecular formula is C13H13ClN2OS. The van der Waals surface area contributed by atoms with E-state index in [1.54, 1.807) is 11.3 Å². The largest absolute Gasteiger partial charge is 0.354 e. The predicted molar refractivity (Wildman–Crippen MR) is 75.1 cm³/mol. The van der Waals surface area contributed by atoms with Gasteiger partial charge in [0.2, 0.25) is 5.91 Å². The van der Waals surface area contributed by atoms with Crippen LogP contribution in [-0.4, -0.2) is 30.4 Å². The van der Waals surface area contributed by atoms with E-state index in [1.807, 2.05) is 18.2 Å². The van der Waals surface area contributed by atoms with E-state index in [2.05, 4.69) is 16.3 Å². The fourth-order valence-electron chi connectivity index (χ4n) is 2.20. The maximum atomic E-state index is 11.3. The molecule has 0 atom stereocenters. The number of amides is 1. The first-order valence-electron chi connectivity index (χ1n) is 5.89. The fourth-order valence-corrected chi connectivity index (χ4v) is 3.73. The average Bonchev–Trinajstić information content (AvgIpc) is 2.67. The van der Waals surface area contributed by atoms with Crippen LogP contribution in [0.2, 0.25) is 5.02 Å². The fraction of sp³-hybridized carbons (Fsp3) is 0.308. The summed E-state index contributed by atoms with van der Waals surface area (Å²) in [6.45, 7) is 2.83. The molecule has 0 bridgehead atoms. The quantitative estimate of drug-likeness (QED) is 0.917. The first-order valence-corrected chi connectivity index (χ1v) is 7.08. The van der Waals surface area contributed by atoms with E-state index >= 15 is 0 Å².